The number of allylic oxidation sites excluding steroid dienone is 3. The lowest BCUT2D eigenvalue weighted by Gasteiger charge is -2.04. The van der Waals surface area contributed by atoms with Crippen molar-refractivity contribution < 1.29 is 19.8 Å². The number of aliphatic carboxylic acids is 1. The van der Waals surface area contributed by atoms with Gasteiger partial charge in [0.2, 0.25) is 5.91 Å². The number of aliphatic hydroxyl groups excluding tert-OH is 1. The molecular weight excluding hydrogens is 198 g/mol. The van der Waals surface area contributed by atoms with Crippen molar-refractivity contribution >= 4 is 11.9 Å². The summed E-state index contributed by atoms with van der Waals surface area (Å²) in [5.41, 5.74) is 0. The monoisotopic (exact) mass is 213 g/mol. The lowest BCUT2D eigenvalue weighted by Crippen LogP contribution is -2.28. The molecule has 5 nitrogen and oxygen atoms in total. The highest BCUT2D eigenvalue weighted by Crippen LogP contribution is 1.89. The maximum absolute atomic E-state index is 11.0. The molecule has 0 aliphatic rings. The van der Waals surface area contributed by atoms with Gasteiger partial charge in [-0.1, -0.05) is 18.2 Å². The predicted octanol–water partition coefficient (Wildman–Crippen LogP) is 0.0705. The zero-order chi connectivity index (χ0) is 11.7. The number of carboxylic acids is 1. The largest absolute Gasteiger partial charge is 0.479 e. The van der Waals surface area contributed by atoms with Crippen LogP contribution in [0.15, 0.2) is 24.3 Å². The smallest absolute Gasteiger partial charge is 0.332 e. The molecule has 0 rings (SSSR count). The summed E-state index contributed by atoms with van der Waals surface area (Å²) in [5.74, 6) is -1.60. The summed E-state index contributed by atoms with van der Waals surface area (Å²) in [6, 6.07) is 0. The summed E-state index contributed by atoms with van der Waals surface area (Å²) in [7, 11) is 0. The van der Waals surface area contributed by atoms with Crippen molar-refractivity contribution in [2.24, 2.45) is 0 Å². The molecular formula is C10H15NO4. The highest BCUT2D eigenvalue weighted by Gasteiger charge is 2.11. The van der Waals surface area contributed by atoms with E-state index in [1.165, 1.54) is 6.08 Å². The Kier molecular flexibility index (Phi) is 6.92. The molecule has 0 fully saturated rings. The van der Waals surface area contributed by atoms with E-state index in [2.05, 4.69) is 5.32 Å². The minimum Gasteiger partial charge on any atom is -0.479 e. The van der Waals surface area contributed by atoms with Gasteiger partial charge in [-0.25, -0.2) is 4.79 Å². The lowest BCUT2D eigenvalue weighted by molar-refractivity contribution is -0.147. The van der Waals surface area contributed by atoms with Crippen molar-refractivity contribution in [3.05, 3.63) is 24.3 Å². The molecule has 0 aromatic heterocycles. The van der Waals surface area contributed by atoms with Crippen LogP contribution >= 0.6 is 0 Å². The van der Waals surface area contributed by atoms with E-state index in [0.29, 0.717) is 0 Å². The summed E-state index contributed by atoms with van der Waals surface area (Å²) in [5, 5.41) is 19.7. The van der Waals surface area contributed by atoms with Crippen LogP contribution in [-0.4, -0.2) is 34.7 Å². The van der Waals surface area contributed by atoms with E-state index in [1.54, 1.807) is 18.2 Å². The first-order valence-corrected chi connectivity index (χ1v) is 4.56. The van der Waals surface area contributed by atoms with Crippen molar-refractivity contribution in [2.45, 2.75) is 19.4 Å². The van der Waals surface area contributed by atoms with E-state index >= 15 is 0 Å². The van der Waals surface area contributed by atoms with E-state index in [0.717, 1.165) is 0 Å². The number of hydrogen-bond donors (Lipinski definition) is 3. The topological polar surface area (TPSA) is 86.6 Å². The van der Waals surface area contributed by atoms with Gasteiger partial charge in [-0.05, 0) is 6.92 Å². The summed E-state index contributed by atoms with van der Waals surface area (Å²) in [6.45, 7) is 1.96. The maximum atomic E-state index is 11.0. The molecule has 84 valence electrons. The number of amides is 1. The van der Waals surface area contributed by atoms with Gasteiger partial charge in [0.15, 0.2) is 6.10 Å². The molecule has 0 spiro atoms. The van der Waals surface area contributed by atoms with E-state index in [1.807, 2.05) is 6.92 Å². The molecule has 3 N–H and O–H groups in total. The van der Waals surface area contributed by atoms with E-state index in [9.17, 15) is 9.59 Å². The van der Waals surface area contributed by atoms with Crippen molar-refractivity contribution in [1.29, 1.82) is 0 Å². The average molecular weight is 213 g/mol. The van der Waals surface area contributed by atoms with Crippen LogP contribution in [0.4, 0.5) is 0 Å². The molecule has 0 aromatic carbocycles. The standard InChI is InChI=1S/C10H15NO4/c1-2-3-4-5-9(13)11-7-6-8(12)10(14)15/h2-5,8,12H,6-7H2,1H3,(H,11,13)(H,14,15). The van der Waals surface area contributed by atoms with Gasteiger partial charge in [0, 0.05) is 19.0 Å². The van der Waals surface area contributed by atoms with Gasteiger partial charge in [0.05, 0.1) is 0 Å². The average Bonchev–Trinajstić information content (AvgIpc) is 2.18. The number of carbonyl (C=O) groups is 2. The van der Waals surface area contributed by atoms with Crippen molar-refractivity contribution in [3.63, 3.8) is 0 Å². The Hall–Kier alpha value is -1.62. The number of hydrogen-bond acceptors (Lipinski definition) is 3. The fourth-order valence-corrected chi connectivity index (χ4v) is 0.769. The van der Waals surface area contributed by atoms with Gasteiger partial charge in [0.1, 0.15) is 0 Å². The maximum Gasteiger partial charge on any atom is 0.332 e. The van der Waals surface area contributed by atoms with Gasteiger partial charge in [-0.3, -0.25) is 4.79 Å². The van der Waals surface area contributed by atoms with E-state index in [-0.39, 0.29) is 18.9 Å². The van der Waals surface area contributed by atoms with Gasteiger partial charge in [0.25, 0.3) is 0 Å². The third kappa shape index (κ3) is 7.45. The van der Waals surface area contributed by atoms with Crippen LogP contribution in [0.25, 0.3) is 0 Å². The second kappa shape index (κ2) is 7.75. The Morgan fingerprint density at radius 1 is 1.40 bits per heavy atom. The molecule has 0 saturated heterocycles. The molecule has 0 saturated carbocycles. The molecule has 0 aliphatic carbocycles. The fourth-order valence-electron chi connectivity index (χ4n) is 0.769. The van der Waals surface area contributed by atoms with Crippen LogP contribution in [0.2, 0.25) is 0 Å². The number of nitrogens with one attached hydrogen (secondary N) is 1. The van der Waals surface area contributed by atoms with E-state index in [4.69, 9.17) is 10.2 Å². The molecule has 0 heterocycles. The number of aliphatic hydroxyl groups is 1. The molecule has 0 aromatic rings. The van der Waals surface area contributed by atoms with Crippen LogP contribution in [-0.2, 0) is 9.59 Å². The summed E-state index contributed by atoms with van der Waals surface area (Å²) in [6.07, 6.45) is 4.95. The fraction of sp³-hybridized carbons (Fsp3) is 0.400. The van der Waals surface area contributed by atoms with Crippen LogP contribution < -0.4 is 5.32 Å². The first-order chi connectivity index (χ1) is 7.07. The highest BCUT2D eigenvalue weighted by atomic mass is 16.4. The van der Waals surface area contributed by atoms with Gasteiger partial charge in [-0.15, -0.1) is 0 Å². The molecule has 1 atom stereocenters. The predicted molar refractivity (Wildman–Crippen MR) is 55.2 cm³/mol. The van der Waals surface area contributed by atoms with Crippen LogP contribution in [0, 0.1) is 0 Å². The number of rotatable bonds is 6. The first-order valence-electron chi connectivity index (χ1n) is 4.56. The Morgan fingerprint density at radius 2 is 2.07 bits per heavy atom. The zero-order valence-corrected chi connectivity index (χ0v) is 8.51. The summed E-state index contributed by atoms with van der Waals surface area (Å²) >= 11 is 0. The third-order valence-electron chi connectivity index (χ3n) is 1.55. The second-order valence-electron chi connectivity index (χ2n) is 2.82. The first kappa shape index (κ1) is 13.4. The van der Waals surface area contributed by atoms with Gasteiger partial charge in [-0.2, -0.15) is 0 Å². The van der Waals surface area contributed by atoms with E-state index < -0.39 is 12.1 Å². The normalized spacial score (nSPS) is 13.2. The molecule has 1 unspecified atom stereocenters. The Bertz CT molecular complexity index is 271. The van der Waals surface area contributed by atoms with Crippen molar-refractivity contribution in [1.82, 2.24) is 5.32 Å². The second-order valence-corrected chi connectivity index (χ2v) is 2.82. The highest BCUT2D eigenvalue weighted by molar-refractivity contribution is 5.87. The summed E-state index contributed by atoms with van der Waals surface area (Å²) < 4.78 is 0. The molecule has 0 aliphatic heterocycles. The molecule has 1 amide bonds. The van der Waals surface area contributed by atoms with Crippen molar-refractivity contribution in [2.75, 3.05) is 6.54 Å². The SMILES string of the molecule is CC=CC=CC(=O)NCCC(O)C(=O)O. The quantitative estimate of drug-likeness (QED) is 0.430. The molecule has 5 heteroatoms. The lowest BCUT2D eigenvalue weighted by atomic mass is 10.2. The Labute approximate surface area is 88.1 Å². The summed E-state index contributed by atoms with van der Waals surface area (Å²) in [4.78, 5) is 21.2. The minimum absolute atomic E-state index is 0.00146. The van der Waals surface area contributed by atoms with Crippen LogP contribution in [0.3, 0.4) is 0 Å². The zero-order valence-electron chi connectivity index (χ0n) is 8.51. The Balaban J connectivity index is 3.68. The number of carbonyl (C=O) groups excluding carboxylic acids is 1. The molecule has 15 heavy (non-hydrogen) atoms. The molecule has 0 radical (unpaired) electrons. The Morgan fingerprint density at radius 3 is 2.60 bits per heavy atom. The van der Waals surface area contributed by atoms with Crippen molar-refractivity contribution in [3.8, 4) is 0 Å². The number of carboxylic acid groups (broad SMARTS) is 1. The molecule has 0 bridgehead atoms. The van der Waals surface area contributed by atoms with Crippen LogP contribution in [0.1, 0.15) is 13.3 Å². The minimum atomic E-state index is -1.43. The van der Waals surface area contributed by atoms with Gasteiger partial charge >= 0.3 is 5.97 Å². The third-order valence-corrected chi connectivity index (χ3v) is 1.55. The van der Waals surface area contributed by atoms with Gasteiger partial charge < -0.3 is 15.5 Å². The van der Waals surface area contributed by atoms with Crippen LogP contribution in [0.5, 0.6) is 0 Å².